The Morgan fingerprint density at radius 3 is 2.75 bits per heavy atom. The SMILES string of the molecule is COC(=O)c1cccc(NC(=O)c2cnccn2)c1N. The van der Waals surface area contributed by atoms with Crippen molar-refractivity contribution in [2.45, 2.75) is 0 Å². The number of hydrogen-bond donors (Lipinski definition) is 2. The zero-order valence-electron chi connectivity index (χ0n) is 10.7. The van der Waals surface area contributed by atoms with Crippen molar-refractivity contribution in [3.63, 3.8) is 0 Å². The molecule has 0 aliphatic rings. The van der Waals surface area contributed by atoms with Crippen LogP contribution in [0.3, 0.4) is 0 Å². The highest BCUT2D eigenvalue weighted by atomic mass is 16.5. The zero-order chi connectivity index (χ0) is 14.5. The molecule has 0 aliphatic heterocycles. The van der Waals surface area contributed by atoms with E-state index in [1.807, 2.05) is 0 Å². The first kappa shape index (κ1) is 13.5. The minimum atomic E-state index is -0.571. The number of nitrogens with two attached hydrogens (primary N) is 1. The number of anilines is 2. The van der Waals surface area contributed by atoms with Crippen LogP contribution in [0, 0.1) is 0 Å². The summed E-state index contributed by atoms with van der Waals surface area (Å²) in [5, 5.41) is 2.57. The second kappa shape index (κ2) is 5.79. The molecule has 7 nitrogen and oxygen atoms in total. The summed E-state index contributed by atoms with van der Waals surface area (Å²) in [6.07, 6.45) is 4.20. The van der Waals surface area contributed by atoms with E-state index in [2.05, 4.69) is 20.0 Å². The molecule has 1 aromatic heterocycles. The number of para-hydroxylation sites is 1. The van der Waals surface area contributed by atoms with Gasteiger partial charge in [-0.05, 0) is 12.1 Å². The van der Waals surface area contributed by atoms with Crippen molar-refractivity contribution in [2.75, 3.05) is 18.2 Å². The fourth-order valence-corrected chi connectivity index (χ4v) is 1.56. The summed E-state index contributed by atoms with van der Waals surface area (Å²) in [4.78, 5) is 31.1. The van der Waals surface area contributed by atoms with Crippen LogP contribution in [0.4, 0.5) is 11.4 Å². The summed E-state index contributed by atoms with van der Waals surface area (Å²) in [6.45, 7) is 0. The van der Waals surface area contributed by atoms with E-state index in [4.69, 9.17) is 5.73 Å². The van der Waals surface area contributed by atoms with Gasteiger partial charge in [0, 0.05) is 12.4 Å². The van der Waals surface area contributed by atoms with E-state index < -0.39 is 11.9 Å². The predicted molar refractivity (Wildman–Crippen MR) is 72.2 cm³/mol. The number of methoxy groups -OCH3 is 1. The molecule has 0 saturated heterocycles. The van der Waals surface area contributed by atoms with Crippen LogP contribution < -0.4 is 11.1 Å². The van der Waals surface area contributed by atoms with Gasteiger partial charge in [0.2, 0.25) is 0 Å². The normalized spacial score (nSPS) is 9.85. The topological polar surface area (TPSA) is 107 Å². The number of esters is 1. The van der Waals surface area contributed by atoms with Crippen molar-refractivity contribution in [3.05, 3.63) is 48.0 Å². The second-order valence-electron chi connectivity index (χ2n) is 3.80. The Morgan fingerprint density at radius 2 is 2.10 bits per heavy atom. The Labute approximate surface area is 114 Å². The molecule has 2 rings (SSSR count). The van der Waals surface area contributed by atoms with E-state index in [-0.39, 0.29) is 16.9 Å². The number of ether oxygens (including phenoxy) is 1. The second-order valence-corrected chi connectivity index (χ2v) is 3.80. The molecule has 1 aromatic carbocycles. The van der Waals surface area contributed by atoms with E-state index in [9.17, 15) is 9.59 Å². The number of hydrogen-bond acceptors (Lipinski definition) is 6. The summed E-state index contributed by atoms with van der Waals surface area (Å²) in [7, 11) is 1.26. The largest absolute Gasteiger partial charge is 0.465 e. The molecule has 1 amide bonds. The molecule has 1 heterocycles. The van der Waals surface area contributed by atoms with Crippen LogP contribution in [0.15, 0.2) is 36.8 Å². The van der Waals surface area contributed by atoms with Gasteiger partial charge in [0.15, 0.2) is 0 Å². The summed E-state index contributed by atoms with van der Waals surface area (Å²) in [5.74, 6) is -1.04. The van der Waals surface area contributed by atoms with Crippen LogP contribution in [0.25, 0.3) is 0 Å². The smallest absolute Gasteiger partial charge is 0.340 e. The van der Waals surface area contributed by atoms with Gasteiger partial charge in [0.05, 0.1) is 30.2 Å². The predicted octanol–water partition coefficient (Wildman–Crippen LogP) is 1.10. The molecule has 0 unspecified atom stereocenters. The van der Waals surface area contributed by atoms with Crippen molar-refractivity contribution in [3.8, 4) is 0 Å². The third-order valence-corrected chi connectivity index (χ3v) is 2.56. The summed E-state index contributed by atoms with van der Waals surface area (Å²) in [6, 6.07) is 4.68. The first-order chi connectivity index (χ1) is 9.63. The van der Waals surface area contributed by atoms with E-state index in [1.165, 1.54) is 31.8 Å². The molecule has 7 heteroatoms. The molecule has 3 N–H and O–H groups in total. The fourth-order valence-electron chi connectivity index (χ4n) is 1.56. The van der Waals surface area contributed by atoms with Gasteiger partial charge in [0.1, 0.15) is 5.69 Å². The van der Waals surface area contributed by atoms with Crippen LogP contribution in [-0.4, -0.2) is 29.0 Å². The van der Waals surface area contributed by atoms with Crippen molar-refractivity contribution in [1.29, 1.82) is 0 Å². The van der Waals surface area contributed by atoms with Gasteiger partial charge >= 0.3 is 5.97 Å². The lowest BCUT2D eigenvalue weighted by Crippen LogP contribution is -2.16. The Balaban J connectivity index is 2.26. The van der Waals surface area contributed by atoms with Crippen LogP contribution >= 0.6 is 0 Å². The number of carbonyl (C=O) groups excluding carboxylic acids is 2. The Bertz CT molecular complexity index is 643. The summed E-state index contributed by atoms with van der Waals surface area (Å²) >= 11 is 0. The van der Waals surface area contributed by atoms with Gasteiger partial charge < -0.3 is 15.8 Å². The fraction of sp³-hybridized carbons (Fsp3) is 0.0769. The highest BCUT2D eigenvalue weighted by Gasteiger charge is 2.15. The number of benzene rings is 1. The summed E-state index contributed by atoms with van der Waals surface area (Å²) in [5.41, 5.74) is 6.61. The first-order valence-electron chi connectivity index (χ1n) is 5.67. The Kier molecular flexibility index (Phi) is 3.90. The minimum absolute atomic E-state index is 0.136. The third-order valence-electron chi connectivity index (χ3n) is 2.56. The molecule has 0 spiro atoms. The minimum Gasteiger partial charge on any atom is -0.465 e. The van der Waals surface area contributed by atoms with Crippen LogP contribution in [0.2, 0.25) is 0 Å². The highest BCUT2D eigenvalue weighted by molar-refractivity contribution is 6.07. The van der Waals surface area contributed by atoms with E-state index >= 15 is 0 Å². The molecule has 0 aliphatic carbocycles. The zero-order valence-corrected chi connectivity index (χ0v) is 10.7. The number of carbonyl (C=O) groups is 2. The maximum Gasteiger partial charge on any atom is 0.340 e. The van der Waals surface area contributed by atoms with Gasteiger partial charge in [-0.15, -0.1) is 0 Å². The lowest BCUT2D eigenvalue weighted by Gasteiger charge is -2.10. The van der Waals surface area contributed by atoms with Crippen LogP contribution in [-0.2, 0) is 4.74 Å². The number of rotatable bonds is 3. The molecule has 0 atom stereocenters. The molecule has 0 radical (unpaired) electrons. The molecule has 2 aromatic rings. The van der Waals surface area contributed by atoms with Gasteiger partial charge in [0.25, 0.3) is 5.91 Å². The molecule has 20 heavy (non-hydrogen) atoms. The number of aromatic nitrogens is 2. The van der Waals surface area contributed by atoms with Gasteiger partial charge in [-0.3, -0.25) is 9.78 Å². The summed E-state index contributed by atoms with van der Waals surface area (Å²) < 4.78 is 4.61. The Hall–Kier alpha value is -2.96. The van der Waals surface area contributed by atoms with Crippen LogP contribution in [0.1, 0.15) is 20.8 Å². The number of nitrogen functional groups attached to an aromatic ring is 1. The molecular formula is C13H12N4O3. The van der Waals surface area contributed by atoms with E-state index in [0.29, 0.717) is 5.69 Å². The molecule has 0 bridgehead atoms. The van der Waals surface area contributed by atoms with Gasteiger partial charge in [-0.1, -0.05) is 6.07 Å². The third kappa shape index (κ3) is 2.72. The monoisotopic (exact) mass is 272 g/mol. The van der Waals surface area contributed by atoms with Crippen molar-refractivity contribution >= 4 is 23.3 Å². The van der Waals surface area contributed by atoms with Crippen LogP contribution in [0.5, 0.6) is 0 Å². The van der Waals surface area contributed by atoms with Gasteiger partial charge in [-0.25, -0.2) is 9.78 Å². The highest BCUT2D eigenvalue weighted by Crippen LogP contribution is 2.23. The molecular weight excluding hydrogens is 260 g/mol. The first-order valence-corrected chi connectivity index (χ1v) is 5.67. The molecule has 102 valence electrons. The number of nitrogens with one attached hydrogen (secondary N) is 1. The average Bonchev–Trinajstić information content (AvgIpc) is 2.49. The maximum absolute atomic E-state index is 11.9. The Morgan fingerprint density at radius 1 is 1.30 bits per heavy atom. The van der Waals surface area contributed by atoms with Crippen molar-refractivity contribution in [2.24, 2.45) is 0 Å². The number of amides is 1. The van der Waals surface area contributed by atoms with Crippen molar-refractivity contribution in [1.82, 2.24) is 9.97 Å². The molecule has 0 fully saturated rings. The van der Waals surface area contributed by atoms with Crippen molar-refractivity contribution < 1.29 is 14.3 Å². The van der Waals surface area contributed by atoms with E-state index in [0.717, 1.165) is 0 Å². The average molecular weight is 272 g/mol. The maximum atomic E-state index is 11.9. The standard InChI is InChI=1S/C13H12N4O3/c1-20-13(19)8-3-2-4-9(11(8)14)17-12(18)10-7-15-5-6-16-10/h2-7H,14H2,1H3,(H,17,18). The number of nitrogens with zero attached hydrogens (tertiary/aromatic N) is 2. The van der Waals surface area contributed by atoms with Gasteiger partial charge in [-0.2, -0.15) is 0 Å². The lowest BCUT2D eigenvalue weighted by molar-refractivity contribution is 0.0601. The van der Waals surface area contributed by atoms with E-state index in [1.54, 1.807) is 12.1 Å². The quantitative estimate of drug-likeness (QED) is 0.640. The molecule has 0 saturated carbocycles. The lowest BCUT2D eigenvalue weighted by atomic mass is 10.1.